The maximum atomic E-state index is 12.6. The molecule has 0 aliphatic carbocycles. The average molecular weight is 435 g/mol. The van der Waals surface area contributed by atoms with E-state index in [1.54, 1.807) is 16.9 Å². The van der Waals surface area contributed by atoms with Crippen LogP contribution in [0.5, 0.6) is 0 Å². The molecular formula is C18H24F3N3O4S. The first-order valence-electron chi connectivity index (χ1n) is 9.04. The SMILES string of the molecule is CC(C)c1cccc(C(C)C)c1NC(=O)NS(=O)(=O)C1CC(=O)N1CC(F)(F)F. The molecule has 2 N–H and O–H groups in total. The van der Waals surface area contributed by atoms with Crippen molar-refractivity contribution in [3.05, 3.63) is 29.3 Å². The maximum absolute atomic E-state index is 12.6. The largest absolute Gasteiger partial charge is 0.406 e. The Labute approximate surface area is 167 Å². The van der Waals surface area contributed by atoms with Gasteiger partial charge in [-0.15, -0.1) is 0 Å². The molecule has 0 radical (unpaired) electrons. The highest BCUT2D eigenvalue weighted by Crippen LogP contribution is 2.33. The Morgan fingerprint density at radius 2 is 1.69 bits per heavy atom. The van der Waals surface area contributed by atoms with Crippen LogP contribution < -0.4 is 10.0 Å². The second-order valence-corrected chi connectivity index (χ2v) is 9.36. The molecule has 162 valence electrons. The monoisotopic (exact) mass is 435 g/mol. The van der Waals surface area contributed by atoms with Crippen LogP contribution >= 0.6 is 0 Å². The number of anilines is 1. The standard InChI is InChI=1S/C18H24F3N3O4S/c1-10(2)12-6-5-7-13(11(3)4)16(12)22-17(26)23-29(27,28)15-8-14(25)24(15)9-18(19,20)21/h5-7,10-11,15H,8-9H2,1-4H3,(H2,22,23,26). The summed E-state index contributed by atoms with van der Waals surface area (Å²) in [7, 11) is -4.52. The number of hydrogen-bond acceptors (Lipinski definition) is 4. The Kier molecular flexibility index (Phi) is 6.51. The van der Waals surface area contributed by atoms with Gasteiger partial charge in [-0.2, -0.15) is 13.2 Å². The van der Waals surface area contributed by atoms with E-state index in [-0.39, 0.29) is 16.7 Å². The summed E-state index contributed by atoms with van der Waals surface area (Å²) in [6.07, 6.45) is -5.35. The molecule has 1 unspecified atom stereocenters. The van der Waals surface area contributed by atoms with Crippen LogP contribution in [0.4, 0.5) is 23.7 Å². The van der Waals surface area contributed by atoms with E-state index < -0.39 is 46.5 Å². The van der Waals surface area contributed by atoms with E-state index in [1.807, 2.05) is 33.8 Å². The van der Waals surface area contributed by atoms with E-state index in [4.69, 9.17) is 0 Å². The highest BCUT2D eigenvalue weighted by atomic mass is 32.2. The number of nitrogens with zero attached hydrogens (tertiary/aromatic N) is 1. The fourth-order valence-electron chi connectivity index (χ4n) is 3.12. The number of halogens is 3. The van der Waals surface area contributed by atoms with Gasteiger partial charge in [-0.25, -0.2) is 17.9 Å². The van der Waals surface area contributed by atoms with Gasteiger partial charge in [-0.05, 0) is 23.0 Å². The number of nitrogens with one attached hydrogen (secondary N) is 2. The molecule has 7 nitrogen and oxygen atoms in total. The lowest BCUT2D eigenvalue weighted by atomic mass is 9.93. The molecule has 1 fully saturated rings. The topological polar surface area (TPSA) is 95.6 Å². The predicted molar refractivity (Wildman–Crippen MR) is 102 cm³/mol. The van der Waals surface area contributed by atoms with Gasteiger partial charge in [0.1, 0.15) is 6.54 Å². The first kappa shape index (κ1) is 23.0. The molecule has 0 spiro atoms. The second-order valence-electron chi connectivity index (χ2n) is 7.52. The van der Waals surface area contributed by atoms with Gasteiger partial charge in [0.15, 0.2) is 5.37 Å². The molecule has 1 aliphatic heterocycles. The molecule has 29 heavy (non-hydrogen) atoms. The predicted octanol–water partition coefficient (Wildman–Crippen LogP) is 3.51. The Balaban J connectivity index is 2.20. The number of carbonyl (C=O) groups excluding carboxylic acids is 2. The maximum Gasteiger partial charge on any atom is 0.406 e. The Morgan fingerprint density at radius 1 is 1.17 bits per heavy atom. The third kappa shape index (κ3) is 5.40. The summed E-state index contributed by atoms with van der Waals surface area (Å²) in [4.78, 5) is 24.0. The molecule has 1 atom stereocenters. The smallest absolute Gasteiger partial charge is 0.314 e. The van der Waals surface area contributed by atoms with Crippen molar-refractivity contribution in [2.45, 2.75) is 57.5 Å². The fraction of sp³-hybridized carbons (Fsp3) is 0.556. The minimum absolute atomic E-state index is 0.0344. The van der Waals surface area contributed by atoms with Crippen molar-refractivity contribution in [3.63, 3.8) is 0 Å². The summed E-state index contributed by atoms with van der Waals surface area (Å²) >= 11 is 0. The van der Waals surface area contributed by atoms with E-state index in [0.717, 1.165) is 11.1 Å². The molecule has 11 heteroatoms. The van der Waals surface area contributed by atoms with E-state index >= 15 is 0 Å². The summed E-state index contributed by atoms with van der Waals surface area (Å²) < 4.78 is 64.1. The number of alkyl halides is 3. The van der Waals surface area contributed by atoms with E-state index in [9.17, 15) is 31.2 Å². The summed E-state index contributed by atoms with van der Waals surface area (Å²) in [5, 5.41) is 0.777. The number of amides is 3. The lowest BCUT2D eigenvalue weighted by molar-refractivity contribution is -0.173. The Bertz CT molecular complexity index is 872. The molecule has 0 saturated carbocycles. The summed E-state index contributed by atoms with van der Waals surface area (Å²) in [5.74, 6) is -0.871. The third-order valence-corrected chi connectivity index (χ3v) is 6.18. The van der Waals surface area contributed by atoms with Crippen LogP contribution in [-0.2, 0) is 14.8 Å². The quantitative estimate of drug-likeness (QED) is 0.669. The van der Waals surface area contributed by atoms with Crippen LogP contribution in [0.15, 0.2) is 18.2 Å². The van der Waals surface area contributed by atoms with Crippen molar-refractivity contribution in [1.29, 1.82) is 0 Å². The molecule has 0 bridgehead atoms. The minimum Gasteiger partial charge on any atom is -0.314 e. The number of sulfonamides is 1. The van der Waals surface area contributed by atoms with Crippen molar-refractivity contribution >= 4 is 27.6 Å². The second kappa shape index (κ2) is 8.21. The van der Waals surface area contributed by atoms with Crippen LogP contribution in [0.25, 0.3) is 0 Å². The first-order valence-corrected chi connectivity index (χ1v) is 10.6. The summed E-state index contributed by atoms with van der Waals surface area (Å²) in [5.41, 5.74) is 2.05. The third-order valence-electron chi connectivity index (χ3n) is 4.57. The van der Waals surface area contributed by atoms with Crippen LogP contribution in [0.3, 0.4) is 0 Å². The zero-order valence-electron chi connectivity index (χ0n) is 16.5. The fourth-order valence-corrected chi connectivity index (χ4v) is 4.45. The van der Waals surface area contributed by atoms with Crippen molar-refractivity contribution in [1.82, 2.24) is 9.62 Å². The molecule has 1 saturated heterocycles. The van der Waals surface area contributed by atoms with Crippen LogP contribution in [-0.4, -0.2) is 43.4 Å². The van der Waals surface area contributed by atoms with E-state index in [0.29, 0.717) is 5.69 Å². The van der Waals surface area contributed by atoms with Gasteiger partial charge in [-0.3, -0.25) is 4.79 Å². The zero-order valence-corrected chi connectivity index (χ0v) is 17.3. The molecule has 3 amide bonds. The van der Waals surface area contributed by atoms with Crippen molar-refractivity contribution < 1.29 is 31.2 Å². The number of carbonyl (C=O) groups is 2. The van der Waals surface area contributed by atoms with Crippen molar-refractivity contribution in [2.24, 2.45) is 0 Å². The van der Waals surface area contributed by atoms with Gasteiger partial charge in [-0.1, -0.05) is 45.9 Å². The van der Waals surface area contributed by atoms with Gasteiger partial charge in [0.25, 0.3) is 10.0 Å². The molecule has 1 aromatic carbocycles. The summed E-state index contributed by atoms with van der Waals surface area (Å²) in [6, 6.07) is 4.35. The van der Waals surface area contributed by atoms with Gasteiger partial charge < -0.3 is 10.2 Å². The van der Waals surface area contributed by atoms with Crippen LogP contribution in [0.1, 0.15) is 57.1 Å². The molecule has 2 rings (SSSR count). The number of para-hydroxylation sites is 1. The van der Waals surface area contributed by atoms with Gasteiger partial charge >= 0.3 is 12.2 Å². The van der Waals surface area contributed by atoms with Gasteiger partial charge in [0.05, 0.1) is 6.42 Å². The van der Waals surface area contributed by atoms with Gasteiger partial charge in [0, 0.05) is 5.69 Å². The number of rotatable bonds is 6. The van der Waals surface area contributed by atoms with Crippen molar-refractivity contribution in [2.75, 3.05) is 11.9 Å². The lowest BCUT2D eigenvalue weighted by Gasteiger charge is -2.39. The highest BCUT2D eigenvalue weighted by molar-refractivity contribution is 7.90. The Morgan fingerprint density at radius 3 is 2.10 bits per heavy atom. The molecule has 1 aromatic rings. The van der Waals surface area contributed by atoms with Crippen LogP contribution in [0, 0.1) is 0 Å². The van der Waals surface area contributed by atoms with E-state index in [1.165, 1.54) is 0 Å². The minimum atomic E-state index is -4.74. The molecule has 1 heterocycles. The van der Waals surface area contributed by atoms with Gasteiger partial charge in [0.2, 0.25) is 5.91 Å². The molecule has 0 aromatic heterocycles. The number of hydrogen-bond donors (Lipinski definition) is 2. The normalized spacial score (nSPS) is 17.5. The molecule has 1 aliphatic rings. The lowest BCUT2D eigenvalue weighted by Crippen LogP contribution is -2.62. The number of β-lactam (4-membered cyclic amide) rings is 1. The van der Waals surface area contributed by atoms with Crippen LogP contribution in [0.2, 0.25) is 0 Å². The molecular weight excluding hydrogens is 411 g/mol. The summed E-state index contributed by atoms with van der Waals surface area (Å²) in [6.45, 7) is 5.96. The first-order chi connectivity index (χ1) is 13.2. The zero-order chi connectivity index (χ0) is 22.1. The number of benzene rings is 1. The highest BCUT2D eigenvalue weighted by Gasteiger charge is 2.50. The number of likely N-dealkylation sites (tertiary alicyclic amines) is 1. The Hall–Kier alpha value is -2.30. The number of urea groups is 1. The van der Waals surface area contributed by atoms with Crippen molar-refractivity contribution in [3.8, 4) is 0 Å². The van der Waals surface area contributed by atoms with E-state index in [2.05, 4.69) is 5.32 Å². The average Bonchev–Trinajstić information content (AvgIpc) is 2.55.